The number of pyridine rings is 1. The summed E-state index contributed by atoms with van der Waals surface area (Å²) >= 11 is 0. The van der Waals surface area contributed by atoms with Crippen molar-refractivity contribution in [3.05, 3.63) is 42.1 Å². The number of nitrogens with zero attached hydrogens (tertiary/aromatic N) is 3. The fraction of sp³-hybridized carbons (Fsp3) is 0.545. The average molecular weight is 367 g/mol. The van der Waals surface area contributed by atoms with Crippen molar-refractivity contribution in [2.75, 3.05) is 32.7 Å². The van der Waals surface area contributed by atoms with Crippen LogP contribution in [0.15, 0.2) is 36.4 Å². The normalized spacial score (nSPS) is 24.6. The van der Waals surface area contributed by atoms with Gasteiger partial charge in [0, 0.05) is 30.1 Å². The topological polar surface area (TPSA) is 56.7 Å². The van der Waals surface area contributed by atoms with E-state index >= 15 is 0 Å². The van der Waals surface area contributed by atoms with Gasteiger partial charge in [-0.05, 0) is 50.4 Å². The Morgan fingerprint density at radius 3 is 2.74 bits per heavy atom. The molecule has 4 rings (SSSR count). The van der Waals surface area contributed by atoms with Crippen LogP contribution in [-0.4, -0.2) is 64.6 Å². The average Bonchev–Trinajstić information content (AvgIpc) is 3.04. The summed E-state index contributed by atoms with van der Waals surface area (Å²) < 4.78 is 0. The number of para-hydroxylation sites is 1. The molecule has 27 heavy (non-hydrogen) atoms. The lowest BCUT2D eigenvalue weighted by atomic mass is 9.99. The molecule has 144 valence electrons. The number of amides is 1. The van der Waals surface area contributed by atoms with E-state index in [1.165, 1.54) is 12.8 Å². The molecule has 0 saturated carbocycles. The minimum atomic E-state index is -0.469. The van der Waals surface area contributed by atoms with Gasteiger partial charge in [-0.2, -0.15) is 0 Å². The lowest BCUT2D eigenvalue weighted by Crippen LogP contribution is -2.42. The van der Waals surface area contributed by atoms with Gasteiger partial charge in [0.2, 0.25) is 5.91 Å². The first kappa shape index (κ1) is 18.4. The summed E-state index contributed by atoms with van der Waals surface area (Å²) in [6.07, 6.45) is 2.58. The van der Waals surface area contributed by atoms with Crippen LogP contribution in [0.25, 0.3) is 10.9 Å². The van der Waals surface area contributed by atoms with Crippen LogP contribution in [-0.2, 0) is 11.2 Å². The van der Waals surface area contributed by atoms with Crippen LogP contribution in [0.2, 0.25) is 0 Å². The lowest BCUT2D eigenvalue weighted by Gasteiger charge is -2.30. The van der Waals surface area contributed by atoms with Crippen LogP contribution in [0.1, 0.15) is 25.5 Å². The molecule has 1 aromatic carbocycles. The van der Waals surface area contributed by atoms with Crippen molar-refractivity contribution >= 4 is 16.8 Å². The zero-order valence-electron chi connectivity index (χ0n) is 16.1. The molecule has 0 bridgehead atoms. The van der Waals surface area contributed by atoms with E-state index in [0.717, 1.165) is 35.6 Å². The van der Waals surface area contributed by atoms with Crippen molar-refractivity contribution in [3.8, 4) is 0 Å². The molecule has 0 radical (unpaired) electrons. The Balaban J connectivity index is 1.35. The largest absolute Gasteiger partial charge is 0.391 e. The number of hydrogen-bond donors (Lipinski definition) is 1. The standard InChI is InChI=1S/C22H29N3O2/c1-16-8-10-24(11-9-16)15-22(27)25-13-18(21(26)14-25)12-19-7-6-17-4-2-3-5-20(17)23-19/h2-7,16,18,21,26H,8-15H2,1H3/t18-,21-/m1/s1. The number of carbonyl (C=O) groups is 1. The highest BCUT2D eigenvalue weighted by molar-refractivity contribution is 5.79. The Kier molecular flexibility index (Phi) is 5.41. The van der Waals surface area contributed by atoms with Gasteiger partial charge in [0.1, 0.15) is 0 Å². The number of aliphatic hydroxyl groups excluding tert-OH is 1. The molecule has 1 amide bonds. The Morgan fingerprint density at radius 1 is 1.15 bits per heavy atom. The van der Waals surface area contributed by atoms with Crippen LogP contribution < -0.4 is 0 Å². The van der Waals surface area contributed by atoms with Gasteiger partial charge in [-0.3, -0.25) is 14.7 Å². The van der Waals surface area contributed by atoms with Crippen LogP contribution in [0, 0.1) is 11.8 Å². The molecule has 2 saturated heterocycles. The molecule has 2 fully saturated rings. The molecule has 2 aliphatic rings. The number of β-amino-alcohol motifs (C(OH)–C–C–N with tert-alkyl or cyclic N) is 1. The number of carbonyl (C=O) groups excluding carboxylic acids is 1. The number of benzene rings is 1. The minimum absolute atomic E-state index is 0.0593. The van der Waals surface area contributed by atoms with E-state index in [2.05, 4.69) is 24.0 Å². The highest BCUT2D eigenvalue weighted by atomic mass is 16.3. The van der Waals surface area contributed by atoms with Crippen molar-refractivity contribution in [2.45, 2.75) is 32.3 Å². The second-order valence-electron chi connectivity index (χ2n) is 8.28. The lowest BCUT2D eigenvalue weighted by molar-refractivity contribution is -0.132. The molecule has 1 N–H and O–H groups in total. The number of aliphatic hydroxyl groups is 1. The van der Waals surface area contributed by atoms with Crippen molar-refractivity contribution in [1.82, 2.24) is 14.8 Å². The molecule has 3 heterocycles. The fourth-order valence-corrected chi connectivity index (χ4v) is 4.26. The minimum Gasteiger partial charge on any atom is -0.391 e. The van der Waals surface area contributed by atoms with Gasteiger partial charge in [0.25, 0.3) is 0 Å². The van der Waals surface area contributed by atoms with E-state index in [-0.39, 0.29) is 11.8 Å². The Hall–Kier alpha value is -1.98. The third kappa shape index (κ3) is 4.30. The van der Waals surface area contributed by atoms with E-state index in [4.69, 9.17) is 4.98 Å². The quantitative estimate of drug-likeness (QED) is 0.901. The monoisotopic (exact) mass is 367 g/mol. The Morgan fingerprint density at radius 2 is 1.93 bits per heavy atom. The molecule has 5 nitrogen and oxygen atoms in total. The van der Waals surface area contributed by atoms with Crippen LogP contribution in [0.4, 0.5) is 0 Å². The first-order valence-corrected chi connectivity index (χ1v) is 10.1. The van der Waals surface area contributed by atoms with Crippen molar-refractivity contribution in [1.29, 1.82) is 0 Å². The van der Waals surface area contributed by atoms with Crippen molar-refractivity contribution < 1.29 is 9.90 Å². The maximum Gasteiger partial charge on any atom is 0.236 e. The number of likely N-dealkylation sites (tertiary alicyclic amines) is 2. The van der Waals surface area contributed by atoms with Crippen LogP contribution in [0.3, 0.4) is 0 Å². The van der Waals surface area contributed by atoms with Gasteiger partial charge in [-0.1, -0.05) is 31.2 Å². The number of aromatic nitrogens is 1. The first-order chi connectivity index (χ1) is 13.1. The molecule has 5 heteroatoms. The van der Waals surface area contributed by atoms with Gasteiger partial charge in [0.15, 0.2) is 0 Å². The summed E-state index contributed by atoms with van der Waals surface area (Å²) in [5.41, 5.74) is 1.96. The Labute approximate surface area is 161 Å². The van der Waals surface area contributed by atoms with E-state index in [1.54, 1.807) is 0 Å². The van der Waals surface area contributed by atoms with E-state index in [0.29, 0.717) is 26.1 Å². The summed E-state index contributed by atoms with van der Waals surface area (Å²) in [7, 11) is 0. The molecular weight excluding hydrogens is 338 g/mol. The number of rotatable bonds is 4. The fourth-order valence-electron chi connectivity index (χ4n) is 4.26. The second kappa shape index (κ2) is 7.95. The molecule has 2 aromatic rings. The highest BCUT2D eigenvalue weighted by Crippen LogP contribution is 2.23. The smallest absolute Gasteiger partial charge is 0.236 e. The third-order valence-electron chi connectivity index (χ3n) is 6.12. The second-order valence-corrected chi connectivity index (χ2v) is 8.28. The van der Waals surface area contributed by atoms with Crippen molar-refractivity contribution in [3.63, 3.8) is 0 Å². The number of fused-ring (bicyclic) bond motifs is 1. The highest BCUT2D eigenvalue weighted by Gasteiger charge is 2.34. The van der Waals surface area contributed by atoms with Gasteiger partial charge >= 0.3 is 0 Å². The predicted octanol–water partition coefficient (Wildman–Crippen LogP) is 2.33. The Bertz CT molecular complexity index is 801. The van der Waals surface area contributed by atoms with Crippen LogP contribution in [0.5, 0.6) is 0 Å². The number of hydrogen-bond acceptors (Lipinski definition) is 4. The SMILES string of the molecule is CC1CCN(CC(=O)N2C[C@@H](Cc3ccc4ccccc4n3)[C@H](O)C2)CC1. The maximum atomic E-state index is 12.7. The van der Waals surface area contributed by atoms with Crippen molar-refractivity contribution in [2.24, 2.45) is 11.8 Å². The summed E-state index contributed by atoms with van der Waals surface area (Å²) in [4.78, 5) is 21.5. The molecule has 0 spiro atoms. The zero-order valence-corrected chi connectivity index (χ0v) is 16.1. The van der Waals surface area contributed by atoms with E-state index in [9.17, 15) is 9.90 Å². The summed E-state index contributed by atoms with van der Waals surface area (Å²) in [6, 6.07) is 12.2. The summed E-state index contributed by atoms with van der Waals surface area (Å²) in [6.45, 7) is 5.85. The molecule has 2 aliphatic heterocycles. The summed E-state index contributed by atoms with van der Waals surface area (Å²) in [5.74, 6) is 0.977. The van der Waals surface area contributed by atoms with Gasteiger partial charge in [-0.15, -0.1) is 0 Å². The molecule has 2 atom stereocenters. The van der Waals surface area contributed by atoms with Crippen LogP contribution >= 0.6 is 0 Å². The molecule has 1 aromatic heterocycles. The summed E-state index contributed by atoms with van der Waals surface area (Å²) in [5, 5.41) is 11.6. The van der Waals surface area contributed by atoms with Gasteiger partial charge in [0.05, 0.1) is 18.2 Å². The first-order valence-electron chi connectivity index (χ1n) is 10.1. The van der Waals surface area contributed by atoms with E-state index < -0.39 is 6.10 Å². The molecular formula is C22H29N3O2. The molecule has 0 aliphatic carbocycles. The van der Waals surface area contributed by atoms with Gasteiger partial charge in [-0.25, -0.2) is 0 Å². The maximum absolute atomic E-state index is 12.7. The number of piperidine rings is 1. The predicted molar refractivity (Wildman–Crippen MR) is 106 cm³/mol. The third-order valence-corrected chi connectivity index (χ3v) is 6.12. The van der Waals surface area contributed by atoms with Gasteiger partial charge < -0.3 is 10.0 Å². The van der Waals surface area contributed by atoms with E-state index in [1.807, 2.05) is 29.2 Å². The zero-order chi connectivity index (χ0) is 18.8. The molecule has 0 unspecified atom stereocenters.